The van der Waals surface area contributed by atoms with E-state index in [0.717, 1.165) is 22.6 Å². The highest BCUT2D eigenvalue weighted by atomic mass is 15.3. The molecule has 0 atom stereocenters. The summed E-state index contributed by atoms with van der Waals surface area (Å²) in [5.41, 5.74) is 4.29. The van der Waals surface area contributed by atoms with Crippen LogP contribution in [0.1, 0.15) is 0 Å². The highest BCUT2D eigenvalue weighted by molar-refractivity contribution is 5.93. The van der Waals surface area contributed by atoms with Crippen LogP contribution in [-0.4, -0.2) is 14.8 Å². The highest BCUT2D eigenvalue weighted by Crippen LogP contribution is 2.26. The Balaban J connectivity index is 1.71. The molecule has 2 heterocycles. The summed E-state index contributed by atoms with van der Waals surface area (Å²) in [7, 11) is 0. The minimum Gasteiger partial charge on any atom is -0.361 e. The van der Waals surface area contributed by atoms with Crippen molar-refractivity contribution in [3.8, 4) is 5.69 Å². The van der Waals surface area contributed by atoms with Crippen LogP contribution in [0, 0.1) is 0 Å². The Morgan fingerprint density at radius 3 is 2.86 bits per heavy atom. The summed E-state index contributed by atoms with van der Waals surface area (Å²) < 4.78 is 1.85. The Morgan fingerprint density at radius 2 is 1.95 bits per heavy atom. The fourth-order valence-corrected chi connectivity index (χ4v) is 2.50. The van der Waals surface area contributed by atoms with Crippen molar-refractivity contribution in [2.75, 3.05) is 5.32 Å². The normalized spacial score (nSPS) is 10.9. The van der Waals surface area contributed by atoms with Crippen LogP contribution in [0.2, 0.25) is 0 Å². The van der Waals surface area contributed by atoms with Crippen molar-refractivity contribution in [3.63, 3.8) is 0 Å². The lowest BCUT2D eigenvalue weighted by Crippen LogP contribution is -1.96. The fraction of sp³-hybridized carbons (Fsp3) is 0. The molecule has 4 nitrogen and oxygen atoms in total. The lowest BCUT2D eigenvalue weighted by Gasteiger charge is -2.09. The van der Waals surface area contributed by atoms with Gasteiger partial charge in [-0.1, -0.05) is 12.1 Å². The maximum absolute atomic E-state index is 4.26. The number of aromatic nitrogens is 3. The van der Waals surface area contributed by atoms with Gasteiger partial charge in [-0.2, -0.15) is 5.10 Å². The zero-order valence-electron chi connectivity index (χ0n) is 11.3. The molecule has 4 heteroatoms. The van der Waals surface area contributed by atoms with Gasteiger partial charge in [0.25, 0.3) is 0 Å². The van der Waals surface area contributed by atoms with E-state index in [9.17, 15) is 0 Å². The van der Waals surface area contributed by atoms with Crippen LogP contribution in [0.15, 0.2) is 73.2 Å². The third kappa shape index (κ3) is 2.17. The molecule has 4 aromatic rings. The van der Waals surface area contributed by atoms with E-state index in [1.807, 2.05) is 41.3 Å². The first-order chi connectivity index (χ1) is 10.4. The number of H-pyrrole nitrogens is 1. The summed E-state index contributed by atoms with van der Waals surface area (Å²) in [5, 5.41) is 8.92. The van der Waals surface area contributed by atoms with E-state index in [-0.39, 0.29) is 0 Å². The maximum atomic E-state index is 4.26. The molecule has 0 radical (unpaired) electrons. The largest absolute Gasteiger partial charge is 0.361 e. The number of rotatable bonds is 3. The molecule has 0 aliphatic heterocycles. The molecule has 2 aromatic carbocycles. The van der Waals surface area contributed by atoms with Gasteiger partial charge in [0.15, 0.2) is 0 Å². The Morgan fingerprint density at radius 1 is 1.00 bits per heavy atom. The molecule has 102 valence electrons. The van der Waals surface area contributed by atoms with E-state index >= 15 is 0 Å². The summed E-state index contributed by atoms with van der Waals surface area (Å²) in [4.78, 5) is 3.23. The van der Waals surface area contributed by atoms with Crippen molar-refractivity contribution < 1.29 is 0 Å². The number of aromatic amines is 1. The minimum absolute atomic E-state index is 1.03. The molecule has 0 amide bonds. The van der Waals surface area contributed by atoms with Crippen LogP contribution < -0.4 is 5.32 Å². The van der Waals surface area contributed by atoms with Crippen molar-refractivity contribution in [1.29, 1.82) is 0 Å². The van der Waals surface area contributed by atoms with Crippen molar-refractivity contribution in [1.82, 2.24) is 14.8 Å². The molecule has 4 rings (SSSR count). The maximum Gasteiger partial charge on any atom is 0.0666 e. The molecule has 0 saturated heterocycles. The van der Waals surface area contributed by atoms with Gasteiger partial charge in [0.2, 0.25) is 0 Å². The summed E-state index contributed by atoms with van der Waals surface area (Å²) in [5.74, 6) is 0. The zero-order valence-corrected chi connectivity index (χ0v) is 11.3. The molecule has 0 unspecified atom stereocenters. The molecular weight excluding hydrogens is 260 g/mol. The van der Waals surface area contributed by atoms with Gasteiger partial charge in [-0.25, -0.2) is 4.68 Å². The quantitative estimate of drug-likeness (QED) is 0.591. The molecule has 2 aromatic heterocycles. The van der Waals surface area contributed by atoms with Gasteiger partial charge in [-0.05, 0) is 42.5 Å². The standard InChI is InChI=1S/C17H14N4/c1-4-13(12-14(5-1)21-11-3-9-19-21)20-17-7-2-6-16-15(17)8-10-18-16/h1-12,18,20H. The van der Waals surface area contributed by atoms with Crippen LogP contribution in [0.5, 0.6) is 0 Å². The number of hydrogen-bond donors (Lipinski definition) is 2. The molecular formula is C17H14N4. The number of nitrogens with zero attached hydrogens (tertiary/aromatic N) is 2. The SMILES string of the molecule is c1cc(Nc2cccc3[nH]ccc23)cc(-n2cccn2)c1. The van der Waals surface area contributed by atoms with Crippen molar-refractivity contribution in [3.05, 3.63) is 73.2 Å². The van der Waals surface area contributed by atoms with Gasteiger partial charge in [-0.3, -0.25) is 0 Å². The third-order valence-corrected chi connectivity index (χ3v) is 3.49. The smallest absolute Gasteiger partial charge is 0.0666 e. The molecule has 0 spiro atoms. The van der Waals surface area contributed by atoms with E-state index in [4.69, 9.17) is 0 Å². The highest BCUT2D eigenvalue weighted by Gasteiger charge is 2.03. The molecule has 21 heavy (non-hydrogen) atoms. The van der Waals surface area contributed by atoms with Gasteiger partial charge in [0, 0.05) is 40.9 Å². The van der Waals surface area contributed by atoms with E-state index in [2.05, 4.69) is 45.7 Å². The van der Waals surface area contributed by atoms with Crippen LogP contribution in [0.3, 0.4) is 0 Å². The van der Waals surface area contributed by atoms with Gasteiger partial charge in [-0.15, -0.1) is 0 Å². The summed E-state index contributed by atoms with van der Waals surface area (Å²) >= 11 is 0. The molecule has 0 aliphatic rings. The van der Waals surface area contributed by atoms with E-state index in [1.165, 1.54) is 5.39 Å². The predicted octanol–water partition coefficient (Wildman–Crippen LogP) is 4.10. The third-order valence-electron chi connectivity index (χ3n) is 3.49. The molecule has 0 bridgehead atoms. The number of hydrogen-bond acceptors (Lipinski definition) is 2. The van der Waals surface area contributed by atoms with Crippen molar-refractivity contribution in [2.24, 2.45) is 0 Å². The van der Waals surface area contributed by atoms with Gasteiger partial charge >= 0.3 is 0 Å². The topological polar surface area (TPSA) is 45.6 Å². The Labute approximate surface area is 122 Å². The molecule has 2 N–H and O–H groups in total. The van der Waals surface area contributed by atoms with E-state index < -0.39 is 0 Å². The van der Waals surface area contributed by atoms with Crippen molar-refractivity contribution >= 4 is 22.3 Å². The van der Waals surface area contributed by atoms with E-state index in [0.29, 0.717) is 0 Å². The Kier molecular flexibility index (Phi) is 2.71. The number of anilines is 2. The predicted molar refractivity (Wildman–Crippen MR) is 85.1 cm³/mol. The Hall–Kier alpha value is -3.01. The first-order valence-corrected chi connectivity index (χ1v) is 6.83. The first kappa shape index (κ1) is 11.8. The fourth-order valence-electron chi connectivity index (χ4n) is 2.50. The summed E-state index contributed by atoms with van der Waals surface area (Å²) in [6, 6.07) is 18.4. The van der Waals surface area contributed by atoms with Crippen molar-refractivity contribution in [2.45, 2.75) is 0 Å². The van der Waals surface area contributed by atoms with Crippen LogP contribution in [-0.2, 0) is 0 Å². The molecule has 0 saturated carbocycles. The second kappa shape index (κ2) is 4.83. The monoisotopic (exact) mass is 274 g/mol. The van der Waals surface area contributed by atoms with E-state index in [1.54, 1.807) is 6.20 Å². The molecule has 0 aliphatic carbocycles. The van der Waals surface area contributed by atoms with Gasteiger partial charge in [0.1, 0.15) is 0 Å². The molecule has 0 fully saturated rings. The van der Waals surface area contributed by atoms with Gasteiger partial charge in [0.05, 0.1) is 5.69 Å². The lowest BCUT2D eigenvalue weighted by atomic mass is 10.2. The summed E-state index contributed by atoms with van der Waals surface area (Å²) in [6.07, 6.45) is 5.67. The van der Waals surface area contributed by atoms with Crippen LogP contribution in [0.4, 0.5) is 11.4 Å². The number of nitrogens with one attached hydrogen (secondary N) is 2. The second-order valence-electron chi connectivity index (χ2n) is 4.87. The lowest BCUT2D eigenvalue weighted by molar-refractivity contribution is 0.881. The Bertz CT molecular complexity index is 875. The van der Waals surface area contributed by atoms with Crippen LogP contribution >= 0.6 is 0 Å². The van der Waals surface area contributed by atoms with Gasteiger partial charge < -0.3 is 10.3 Å². The number of benzene rings is 2. The summed E-state index contributed by atoms with van der Waals surface area (Å²) in [6.45, 7) is 0. The zero-order chi connectivity index (χ0) is 14.1. The van der Waals surface area contributed by atoms with Crippen LogP contribution in [0.25, 0.3) is 16.6 Å². The second-order valence-corrected chi connectivity index (χ2v) is 4.87. The average Bonchev–Trinajstić information content (AvgIpc) is 3.20. The first-order valence-electron chi connectivity index (χ1n) is 6.83. The number of fused-ring (bicyclic) bond motifs is 1. The average molecular weight is 274 g/mol. The minimum atomic E-state index is 1.03.